The van der Waals surface area contributed by atoms with Gasteiger partial charge in [-0.15, -0.1) is 0 Å². The molecule has 5 nitrogen and oxygen atoms in total. The molecule has 0 aliphatic heterocycles. The lowest BCUT2D eigenvalue weighted by molar-refractivity contribution is -0.146. The van der Waals surface area contributed by atoms with Crippen LogP contribution in [0, 0.1) is 11.8 Å². The lowest BCUT2D eigenvalue weighted by Crippen LogP contribution is -2.19. The Morgan fingerprint density at radius 3 is 2.76 bits per heavy atom. The molecule has 1 rings (SSSR count). The number of methoxy groups -OCH3 is 2. The second-order valence-corrected chi connectivity index (χ2v) is 5.67. The molecule has 4 atom stereocenters. The van der Waals surface area contributed by atoms with Crippen LogP contribution in [0.1, 0.15) is 39.0 Å². The first kappa shape index (κ1) is 18.1. The van der Waals surface area contributed by atoms with E-state index in [2.05, 4.69) is 12.2 Å². The van der Waals surface area contributed by atoms with Gasteiger partial charge in [-0.3, -0.25) is 4.79 Å². The van der Waals surface area contributed by atoms with Crippen molar-refractivity contribution in [1.82, 2.24) is 0 Å². The molecular formula is C16H28O5. The highest BCUT2D eigenvalue weighted by Crippen LogP contribution is 2.35. The molecule has 5 heteroatoms. The van der Waals surface area contributed by atoms with E-state index in [0.717, 1.165) is 25.7 Å². The Morgan fingerprint density at radius 1 is 1.38 bits per heavy atom. The van der Waals surface area contributed by atoms with Gasteiger partial charge in [-0.25, -0.2) is 0 Å². The minimum atomic E-state index is -0.250. The van der Waals surface area contributed by atoms with Gasteiger partial charge in [0.1, 0.15) is 6.79 Å². The largest absolute Gasteiger partial charge is 0.469 e. The number of ether oxygens (including phenoxy) is 3. The molecule has 1 fully saturated rings. The summed E-state index contributed by atoms with van der Waals surface area (Å²) in [6.45, 7) is 2.05. The van der Waals surface area contributed by atoms with Crippen LogP contribution >= 0.6 is 0 Å². The highest BCUT2D eigenvalue weighted by atomic mass is 16.7. The summed E-state index contributed by atoms with van der Waals surface area (Å²) in [6, 6.07) is 0. The van der Waals surface area contributed by atoms with E-state index >= 15 is 0 Å². The Hall–Kier alpha value is -0.910. The van der Waals surface area contributed by atoms with Crippen LogP contribution in [-0.4, -0.2) is 44.3 Å². The highest BCUT2D eigenvalue weighted by molar-refractivity contribution is 5.73. The number of carbonyl (C=O) groups is 1. The summed E-state index contributed by atoms with van der Waals surface area (Å²) in [5.74, 6) is -0.145. The number of aliphatic hydroxyl groups excluding tert-OH is 1. The van der Waals surface area contributed by atoms with Crippen LogP contribution in [0.2, 0.25) is 0 Å². The van der Waals surface area contributed by atoms with Crippen LogP contribution in [0.25, 0.3) is 0 Å². The van der Waals surface area contributed by atoms with E-state index in [0.29, 0.717) is 6.42 Å². The standard InChI is InChI=1S/C16H28O5/c1-12(17)7-5-4-6-8-13-9-14(21-11-19-2)10-15(13)16(18)20-3/h6,8,12-15,17H,4-5,7,9-11H2,1-3H3/b8-6+/t12?,13-,14+,15-/m1/s1. The Labute approximate surface area is 127 Å². The zero-order chi connectivity index (χ0) is 15.7. The quantitative estimate of drug-likeness (QED) is 0.306. The molecule has 1 aliphatic rings. The molecule has 21 heavy (non-hydrogen) atoms. The number of unbranched alkanes of at least 4 members (excludes halogenated alkanes) is 1. The van der Waals surface area contributed by atoms with Crippen molar-refractivity contribution in [2.24, 2.45) is 11.8 Å². The smallest absolute Gasteiger partial charge is 0.309 e. The van der Waals surface area contributed by atoms with Crippen molar-refractivity contribution in [2.45, 2.75) is 51.2 Å². The van der Waals surface area contributed by atoms with Crippen LogP contribution in [-0.2, 0) is 19.0 Å². The van der Waals surface area contributed by atoms with Crippen LogP contribution in [0.4, 0.5) is 0 Å². The maximum atomic E-state index is 11.8. The fourth-order valence-electron chi connectivity index (χ4n) is 2.76. The van der Waals surface area contributed by atoms with Gasteiger partial charge >= 0.3 is 5.97 Å². The van der Waals surface area contributed by atoms with Crippen molar-refractivity contribution >= 4 is 5.97 Å². The number of allylic oxidation sites excluding steroid dienone is 2. The third kappa shape index (κ3) is 6.59. The van der Waals surface area contributed by atoms with E-state index < -0.39 is 0 Å². The van der Waals surface area contributed by atoms with Gasteiger partial charge in [-0.1, -0.05) is 12.2 Å². The van der Waals surface area contributed by atoms with Crippen molar-refractivity contribution in [1.29, 1.82) is 0 Å². The van der Waals surface area contributed by atoms with Gasteiger partial charge in [-0.2, -0.15) is 0 Å². The molecular weight excluding hydrogens is 272 g/mol. The van der Waals surface area contributed by atoms with Gasteiger partial charge in [-0.05, 0) is 44.9 Å². The Balaban J connectivity index is 2.47. The molecule has 0 aromatic carbocycles. The molecule has 0 bridgehead atoms. The normalized spacial score (nSPS) is 27.1. The average Bonchev–Trinajstić information content (AvgIpc) is 2.86. The predicted molar refractivity (Wildman–Crippen MR) is 79.7 cm³/mol. The monoisotopic (exact) mass is 300 g/mol. The molecule has 0 radical (unpaired) electrons. The second-order valence-electron chi connectivity index (χ2n) is 5.67. The SMILES string of the molecule is COCO[C@H]1C[C@@H](/C=C/CCCC(C)O)[C@H](C(=O)OC)C1. The first-order valence-electron chi connectivity index (χ1n) is 7.61. The number of rotatable bonds is 9. The molecule has 122 valence electrons. The summed E-state index contributed by atoms with van der Waals surface area (Å²) >= 11 is 0. The predicted octanol–water partition coefficient (Wildman–Crippen LogP) is 2.28. The Kier molecular flexibility index (Phi) is 8.57. The second kappa shape index (κ2) is 9.92. The number of hydrogen-bond donors (Lipinski definition) is 1. The number of hydrogen-bond acceptors (Lipinski definition) is 5. The van der Waals surface area contributed by atoms with E-state index in [1.165, 1.54) is 7.11 Å². The van der Waals surface area contributed by atoms with Crippen LogP contribution in [0.3, 0.4) is 0 Å². The summed E-state index contributed by atoms with van der Waals surface area (Å²) in [4.78, 5) is 11.8. The Morgan fingerprint density at radius 2 is 2.14 bits per heavy atom. The molecule has 0 aromatic rings. The molecule has 1 unspecified atom stereocenters. The summed E-state index contributed by atoms with van der Waals surface area (Å²) < 4.78 is 15.4. The molecule has 1 saturated carbocycles. The lowest BCUT2D eigenvalue weighted by atomic mass is 9.95. The van der Waals surface area contributed by atoms with E-state index in [4.69, 9.17) is 14.2 Å². The fraction of sp³-hybridized carbons (Fsp3) is 0.812. The number of carbonyl (C=O) groups excluding carboxylic acids is 1. The van der Waals surface area contributed by atoms with Gasteiger partial charge < -0.3 is 19.3 Å². The molecule has 0 saturated heterocycles. The molecule has 0 spiro atoms. The van der Waals surface area contributed by atoms with Gasteiger partial charge in [0.2, 0.25) is 0 Å². The minimum absolute atomic E-state index is 0.0427. The average molecular weight is 300 g/mol. The fourth-order valence-corrected chi connectivity index (χ4v) is 2.76. The zero-order valence-electron chi connectivity index (χ0n) is 13.3. The van der Waals surface area contributed by atoms with Crippen molar-refractivity contribution in [3.8, 4) is 0 Å². The lowest BCUT2D eigenvalue weighted by Gasteiger charge is -2.12. The topological polar surface area (TPSA) is 65.0 Å². The third-order valence-electron chi connectivity index (χ3n) is 3.87. The van der Waals surface area contributed by atoms with Crippen LogP contribution in [0.5, 0.6) is 0 Å². The maximum Gasteiger partial charge on any atom is 0.309 e. The van der Waals surface area contributed by atoms with Crippen molar-refractivity contribution in [3.63, 3.8) is 0 Å². The van der Waals surface area contributed by atoms with Gasteiger partial charge in [0.15, 0.2) is 0 Å². The minimum Gasteiger partial charge on any atom is -0.469 e. The maximum absolute atomic E-state index is 11.8. The summed E-state index contributed by atoms with van der Waals surface area (Å²) in [5.41, 5.74) is 0. The van der Waals surface area contributed by atoms with Crippen LogP contribution < -0.4 is 0 Å². The van der Waals surface area contributed by atoms with Gasteiger partial charge in [0.25, 0.3) is 0 Å². The van der Waals surface area contributed by atoms with Crippen LogP contribution in [0.15, 0.2) is 12.2 Å². The van der Waals surface area contributed by atoms with Gasteiger partial charge in [0, 0.05) is 7.11 Å². The molecule has 1 N–H and O–H groups in total. The van der Waals surface area contributed by atoms with E-state index in [1.54, 1.807) is 14.0 Å². The first-order chi connectivity index (χ1) is 10.1. The third-order valence-corrected chi connectivity index (χ3v) is 3.87. The molecule has 0 amide bonds. The molecule has 1 aliphatic carbocycles. The van der Waals surface area contributed by atoms with E-state index in [9.17, 15) is 9.90 Å². The van der Waals surface area contributed by atoms with E-state index in [-0.39, 0.29) is 36.8 Å². The Bertz CT molecular complexity index is 327. The van der Waals surface area contributed by atoms with Crippen molar-refractivity contribution < 1.29 is 24.1 Å². The highest BCUT2D eigenvalue weighted by Gasteiger charge is 2.38. The first-order valence-corrected chi connectivity index (χ1v) is 7.61. The van der Waals surface area contributed by atoms with Crippen molar-refractivity contribution in [3.05, 3.63) is 12.2 Å². The summed E-state index contributed by atoms with van der Waals surface area (Å²) in [5, 5.41) is 9.21. The molecule has 0 aromatic heterocycles. The number of aliphatic hydroxyl groups is 1. The molecule has 0 heterocycles. The zero-order valence-corrected chi connectivity index (χ0v) is 13.3. The summed E-state index contributed by atoms with van der Waals surface area (Å²) in [7, 11) is 3.02. The summed E-state index contributed by atoms with van der Waals surface area (Å²) in [6.07, 6.45) is 8.15. The van der Waals surface area contributed by atoms with E-state index in [1.807, 2.05) is 0 Å². The van der Waals surface area contributed by atoms with Gasteiger partial charge in [0.05, 0.1) is 25.2 Å². The number of esters is 1. The van der Waals surface area contributed by atoms with Crippen molar-refractivity contribution in [2.75, 3.05) is 21.0 Å².